The summed E-state index contributed by atoms with van der Waals surface area (Å²) in [6.07, 6.45) is 4.10. The van der Waals surface area contributed by atoms with Gasteiger partial charge in [-0.2, -0.15) is 14.6 Å². The second kappa shape index (κ2) is 5.12. The molecule has 3 aromatic rings. The van der Waals surface area contributed by atoms with Crippen LogP contribution in [0.25, 0.3) is 5.78 Å². The van der Waals surface area contributed by atoms with Gasteiger partial charge >= 0.3 is 0 Å². The lowest BCUT2D eigenvalue weighted by molar-refractivity contribution is 0.918. The Kier molecular flexibility index (Phi) is 3.16. The van der Waals surface area contributed by atoms with E-state index in [-0.39, 0.29) is 0 Å². The second-order valence-corrected chi connectivity index (χ2v) is 4.27. The van der Waals surface area contributed by atoms with Crippen molar-refractivity contribution in [2.75, 3.05) is 17.7 Å². The summed E-state index contributed by atoms with van der Waals surface area (Å²) in [5.74, 6) is 2.24. The van der Waals surface area contributed by atoms with Crippen LogP contribution in [-0.2, 0) is 6.42 Å². The minimum absolute atomic E-state index is 0.589. The van der Waals surface area contributed by atoms with Crippen molar-refractivity contribution in [1.82, 2.24) is 24.6 Å². The van der Waals surface area contributed by atoms with E-state index < -0.39 is 0 Å². The van der Waals surface area contributed by atoms with E-state index >= 15 is 0 Å². The van der Waals surface area contributed by atoms with Crippen molar-refractivity contribution >= 4 is 23.1 Å². The number of nitrogens with zero attached hydrogens (tertiary/aromatic N) is 5. The van der Waals surface area contributed by atoms with Crippen molar-refractivity contribution in [2.45, 2.75) is 13.3 Å². The van der Waals surface area contributed by atoms with Crippen LogP contribution in [0.2, 0.25) is 0 Å². The summed E-state index contributed by atoms with van der Waals surface area (Å²) in [5, 5.41) is 10.4. The van der Waals surface area contributed by atoms with Gasteiger partial charge in [0.2, 0.25) is 0 Å². The summed E-state index contributed by atoms with van der Waals surface area (Å²) < 4.78 is 1.67. The molecule has 7 heteroatoms. The number of rotatable bonds is 4. The van der Waals surface area contributed by atoms with E-state index in [2.05, 4.69) is 37.6 Å². The molecule has 0 fully saturated rings. The molecule has 0 aromatic carbocycles. The van der Waals surface area contributed by atoms with Gasteiger partial charge in [0.15, 0.2) is 0 Å². The molecule has 2 N–H and O–H groups in total. The zero-order valence-corrected chi connectivity index (χ0v) is 11.3. The summed E-state index contributed by atoms with van der Waals surface area (Å²) >= 11 is 0. The van der Waals surface area contributed by atoms with Gasteiger partial charge in [-0.3, -0.25) is 0 Å². The minimum atomic E-state index is 0.589. The highest BCUT2D eigenvalue weighted by Crippen LogP contribution is 2.18. The van der Waals surface area contributed by atoms with Gasteiger partial charge in [-0.15, -0.1) is 0 Å². The van der Waals surface area contributed by atoms with Gasteiger partial charge in [-0.25, -0.2) is 9.97 Å². The smallest absolute Gasteiger partial charge is 0.254 e. The largest absolute Gasteiger partial charge is 0.373 e. The van der Waals surface area contributed by atoms with Crippen molar-refractivity contribution in [3.63, 3.8) is 0 Å². The first kappa shape index (κ1) is 12.3. The third kappa shape index (κ3) is 2.25. The lowest BCUT2D eigenvalue weighted by atomic mass is 10.3. The van der Waals surface area contributed by atoms with Crippen molar-refractivity contribution in [2.24, 2.45) is 0 Å². The van der Waals surface area contributed by atoms with Gasteiger partial charge in [-0.1, -0.05) is 6.92 Å². The predicted octanol–water partition coefficient (Wildman–Crippen LogP) is 1.87. The van der Waals surface area contributed by atoms with Crippen LogP contribution in [0.1, 0.15) is 12.6 Å². The summed E-state index contributed by atoms with van der Waals surface area (Å²) in [5.41, 5.74) is 1.85. The molecule has 3 aromatic heterocycles. The third-order valence-electron chi connectivity index (χ3n) is 2.96. The van der Waals surface area contributed by atoms with E-state index in [0.29, 0.717) is 5.78 Å². The Bertz CT molecular complexity index is 717. The molecule has 20 heavy (non-hydrogen) atoms. The Balaban J connectivity index is 1.98. The lowest BCUT2D eigenvalue weighted by Crippen LogP contribution is -2.04. The van der Waals surface area contributed by atoms with Crippen molar-refractivity contribution in [3.05, 3.63) is 36.4 Å². The monoisotopic (exact) mass is 269 g/mol. The molecule has 0 radical (unpaired) electrons. The minimum Gasteiger partial charge on any atom is -0.373 e. The summed E-state index contributed by atoms with van der Waals surface area (Å²) in [6.45, 7) is 2.06. The molecule has 0 bridgehead atoms. The standard InChI is InChI=1S/C13H15N7/c1-3-9-6-12(20-13(19-9)16-8-17-20)18-10-4-5-11(14-2)15-7-10/h4-8,18H,3H2,1-2H3,(H,14,15). The van der Waals surface area contributed by atoms with E-state index in [4.69, 9.17) is 0 Å². The molecule has 0 aliphatic carbocycles. The molecule has 0 spiro atoms. The van der Waals surface area contributed by atoms with Crippen LogP contribution in [0, 0.1) is 0 Å². The van der Waals surface area contributed by atoms with Crippen molar-refractivity contribution < 1.29 is 0 Å². The number of hydrogen-bond donors (Lipinski definition) is 2. The summed E-state index contributed by atoms with van der Waals surface area (Å²) in [7, 11) is 1.84. The van der Waals surface area contributed by atoms with Crippen LogP contribution in [0.3, 0.4) is 0 Å². The fourth-order valence-corrected chi connectivity index (χ4v) is 1.89. The lowest BCUT2D eigenvalue weighted by Gasteiger charge is -2.09. The van der Waals surface area contributed by atoms with Crippen LogP contribution < -0.4 is 10.6 Å². The Hall–Kier alpha value is -2.70. The number of anilines is 3. The molecular weight excluding hydrogens is 254 g/mol. The van der Waals surface area contributed by atoms with E-state index in [1.165, 1.54) is 6.33 Å². The summed E-state index contributed by atoms with van der Waals surface area (Å²) in [6, 6.07) is 5.82. The van der Waals surface area contributed by atoms with E-state index in [0.717, 1.165) is 29.4 Å². The van der Waals surface area contributed by atoms with Gasteiger partial charge in [0.05, 0.1) is 11.9 Å². The Labute approximate surface area is 116 Å². The van der Waals surface area contributed by atoms with Crippen LogP contribution in [0.5, 0.6) is 0 Å². The quantitative estimate of drug-likeness (QED) is 0.752. The van der Waals surface area contributed by atoms with Gasteiger partial charge in [0.25, 0.3) is 5.78 Å². The highest BCUT2D eigenvalue weighted by atomic mass is 15.4. The molecule has 0 atom stereocenters. The first-order valence-corrected chi connectivity index (χ1v) is 6.40. The van der Waals surface area contributed by atoms with E-state index in [1.807, 2.05) is 25.2 Å². The average Bonchev–Trinajstić information content (AvgIpc) is 2.96. The molecule has 0 saturated heterocycles. The highest BCUT2D eigenvalue weighted by molar-refractivity contribution is 5.59. The van der Waals surface area contributed by atoms with Crippen molar-refractivity contribution in [3.8, 4) is 0 Å². The number of pyridine rings is 1. The van der Waals surface area contributed by atoms with Crippen LogP contribution in [0.15, 0.2) is 30.7 Å². The summed E-state index contributed by atoms with van der Waals surface area (Å²) in [4.78, 5) is 12.8. The highest BCUT2D eigenvalue weighted by Gasteiger charge is 2.07. The number of fused-ring (bicyclic) bond motifs is 1. The maximum Gasteiger partial charge on any atom is 0.254 e. The van der Waals surface area contributed by atoms with Gasteiger partial charge in [0, 0.05) is 18.8 Å². The second-order valence-electron chi connectivity index (χ2n) is 4.27. The molecule has 0 amide bonds. The Morgan fingerprint density at radius 3 is 2.85 bits per heavy atom. The van der Waals surface area contributed by atoms with Crippen LogP contribution in [0.4, 0.5) is 17.3 Å². The predicted molar refractivity (Wildman–Crippen MR) is 77.2 cm³/mol. The number of aromatic nitrogens is 5. The Morgan fingerprint density at radius 2 is 2.15 bits per heavy atom. The topological polar surface area (TPSA) is 80.0 Å². The van der Waals surface area contributed by atoms with E-state index in [1.54, 1.807) is 10.7 Å². The molecular formula is C13H15N7. The molecule has 0 aliphatic heterocycles. The maximum atomic E-state index is 4.41. The molecule has 0 saturated carbocycles. The normalized spacial score (nSPS) is 10.7. The van der Waals surface area contributed by atoms with Crippen LogP contribution in [-0.4, -0.2) is 31.6 Å². The van der Waals surface area contributed by atoms with Crippen molar-refractivity contribution in [1.29, 1.82) is 0 Å². The molecule has 0 aliphatic rings. The number of hydrogen-bond acceptors (Lipinski definition) is 6. The van der Waals surface area contributed by atoms with Crippen LogP contribution >= 0.6 is 0 Å². The molecule has 3 rings (SSSR count). The van der Waals surface area contributed by atoms with Gasteiger partial charge < -0.3 is 10.6 Å². The number of aryl methyl sites for hydroxylation is 1. The van der Waals surface area contributed by atoms with Gasteiger partial charge in [-0.05, 0) is 18.6 Å². The SMILES string of the molecule is CCc1cc(Nc2ccc(NC)nc2)n2ncnc2n1. The molecule has 0 unspecified atom stereocenters. The van der Waals surface area contributed by atoms with E-state index in [9.17, 15) is 0 Å². The fourth-order valence-electron chi connectivity index (χ4n) is 1.89. The molecule has 7 nitrogen and oxygen atoms in total. The maximum absolute atomic E-state index is 4.41. The zero-order valence-electron chi connectivity index (χ0n) is 11.3. The van der Waals surface area contributed by atoms with Gasteiger partial charge in [0.1, 0.15) is 18.0 Å². The molecule has 3 heterocycles. The first-order valence-electron chi connectivity index (χ1n) is 6.40. The Morgan fingerprint density at radius 1 is 1.25 bits per heavy atom. The zero-order chi connectivity index (χ0) is 13.9. The third-order valence-corrected chi connectivity index (χ3v) is 2.96. The number of nitrogens with one attached hydrogen (secondary N) is 2. The average molecular weight is 269 g/mol. The fraction of sp³-hybridized carbons (Fsp3) is 0.231. The molecule has 102 valence electrons. The first-order chi connectivity index (χ1) is 9.80.